The molecule has 0 aliphatic carbocycles. The normalized spacial score (nSPS) is 20.2. The Balaban J connectivity index is 1.98. The summed E-state index contributed by atoms with van der Waals surface area (Å²) in [6, 6.07) is 1.17. The number of hydrogen-bond acceptors (Lipinski definition) is 3. The van der Waals surface area contributed by atoms with E-state index in [1.54, 1.807) is 0 Å². The molecule has 1 fully saturated rings. The largest absolute Gasteiger partial charge is 0.379 e. The Hall–Kier alpha value is -1.86. The summed E-state index contributed by atoms with van der Waals surface area (Å²) in [5.74, 6) is -4.06. The van der Waals surface area contributed by atoms with Gasteiger partial charge in [0.15, 0.2) is 11.6 Å². The Morgan fingerprint density at radius 3 is 2.76 bits per heavy atom. The highest BCUT2D eigenvalue weighted by molar-refractivity contribution is 5.79. The molecule has 1 heterocycles. The molecule has 1 saturated heterocycles. The topological polar surface area (TPSA) is 47.6 Å². The van der Waals surface area contributed by atoms with Crippen molar-refractivity contribution in [3.05, 3.63) is 46.8 Å². The second-order valence-corrected chi connectivity index (χ2v) is 6.19. The smallest absolute Gasteiger partial charge is 0.224 e. The van der Waals surface area contributed by atoms with Gasteiger partial charge < -0.3 is 14.8 Å². The molecule has 0 spiro atoms. The highest BCUT2D eigenvalue weighted by Crippen LogP contribution is 2.17. The lowest BCUT2D eigenvalue weighted by molar-refractivity contribution is -0.125. The molecule has 0 unspecified atom stereocenters. The molecule has 138 valence electrons. The maximum Gasteiger partial charge on any atom is 0.224 e. The highest BCUT2D eigenvalue weighted by Gasteiger charge is 2.28. The third kappa shape index (κ3) is 5.57. The fourth-order valence-electron chi connectivity index (χ4n) is 2.53. The van der Waals surface area contributed by atoms with Gasteiger partial charge in [0.25, 0.3) is 0 Å². The average Bonchev–Trinajstić information content (AvgIpc) is 2.56. The summed E-state index contributed by atoms with van der Waals surface area (Å²) in [5.41, 5.74) is 0.529. The minimum absolute atomic E-state index is 0.324. The van der Waals surface area contributed by atoms with E-state index in [1.807, 2.05) is 19.9 Å². The van der Waals surface area contributed by atoms with E-state index < -0.39 is 35.3 Å². The van der Waals surface area contributed by atoms with Crippen LogP contribution in [0.25, 0.3) is 0 Å². The van der Waals surface area contributed by atoms with Crippen LogP contribution in [0.3, 0.4) is 0 Å². The Kier molecular flexibility index (Phi) is 7.01. The van der Waals surface area contributed by atoms with E-state index in [4.69, 9.17) is 9.47 Å². The summed E-state index contributed by atoms with van der Waals surface area (Å²) in [6.45, 7) is 5.06. The molecule has 25 heavy (non-hydrogen) atoms. The predicted molar refractivity (Wildman–Crippen MR) is 86.6 cm³/mol. The van der Waals surface area contributed by atoms with Crippen LogP contribution in [0, 0.1) is 17.5 Å². The molecule has 2 rings (SSSR count). The molecule has 0 bridgehead atoms. The summed E-state index contributed by atoms with van der Waals surface area (Å²) in [7, 11) is 0. The van der Waals surface area contributed by atoms with Crippen LogP contribution in [0.4, 0.5) is 13.2 Å². The Morgan fingerprint density at radius 1 is 1.32 bits per heavy atom. The molecule has 2 atom stereocenters. The van der Waals surface area contributed by atoms with Crippen molar-refractivity contribution in [2.75, 3.05) is 19.8 Å². The number of nitrogens with one attached hydrogen (secondary N) is 1. The highest BCUT2D eigenvalue weighted by atomic mass is 19.2. The first-order valence-electron chi connectivity index (χ1n) is 8.13. The van der Waals surface area contributed by atoms with Crippen molar-refractivity contribution in [3.8, 4) is 0 Å². The monoisotopic (exact) mass is 357 g/mol. The number of allylic oxidation sites excluding steroid dienone is 1. The van der Waals surface area contributed by atoms with Crippen molar-refractivity contribution in [1.29, 1.82) is 0 Å². The van der Waals surface area contributed by atoms with Gasteiger partial charge in [0, 0.05) is 12.2 Å². The summed E-state index contributed by atoms with van der Waals surface area (Å²) < 4.78 is 51.6. The second kappa shape index (κ2) is 9.01. The maximum atomic E-state index is 13.7. The van der Waals surface area contributed by atoms with E-state index in [0.717, 1.165) is 11.6 Å². The number of hydrogen-bond donors (Lipinski definition) is 1. The minimum atomic E-state index is -1.33. The van der Waals surface area contributed by atoms with Crippen molar-refractivity contribution >= 4 is 5.91 Å². The third-order valence-corrected chi connectivity index (χ3v) is 3.93. The van der Waals surface area contributed by atoms with Crippen molar-refractivity contribution < 1.29 is 27.4 Å². The van der Waals surface area contributed by atoms with Gasteiger partial charge in [-0.05, 0) is 32.4 Å². The molecule has 1 amide bonds. The summed E-state index contributed by atoms with van der Waals surface area (Å²) >= 11 is 0. The first kappa shape index (κ1) is 19.5. The van der Waals surface area contributed by atoms with Gasteiger partial charge in [-0.3, -0.25) is 4.79 Å². The first-order chi connectivity index (χ1) is 11.9. The first-order valence-corrected chi connectivity index (χ1v) is 8.13. The number of carbonyl (C=O) groups is 1. The fraction of sp³-hybridized carbons (Fsp3) is 0.500. The van der Waals surface area contributed by atoms with Crippen LogP contribution in [-0.2, 0) is 20.7 Å². The zero-order chi connectivity index (χ0) is 18.4. The van der Waals surface area contributed by atoms with Gasteiger partial charge in [-0.1, -0.05) is 11.6 Å². The second-order valence-electron chi connectivity index (χ2n) is 6.19. The predicted octanol–water partition coefficient (Wildman–Crippen LogP) is 2.90. The standard InChI is InChI=1S/C18H22F3NO3/c1-11(2)5-8-25-16-10-24-7-6-15(16)22-17(23)9-12-13(19)3-4-14(20)18(12)21/h3-5,15-16H,6-10H2,1-2H3,(H,22,23)/t15-,16-/m1/s1. The average molecular weight is 357 g/mol. The van der Waals surface area contributed by atoms with E-state index >= 15 is 0 Å². The molecule has 1 aliphatic rings. The zero-order valence-electron chi connectivity index (χ0n) is 14.3. The molecular formula is C18H22F3NO3. The van der Waals surface area contributed by atoms with Crippen molar-refractivity contribution in [2.45, 2.75) is 38.8 Å². The van der Waals surface area contributed by atoms with Crippen molar-refractivity contribution in [3.63, 3.8) is 0 Å². The molecule has 1 aliphatic heterocycles. The maximum absolute atomic E-state index is 13.7. The number of amides is 1. The molecule has 7 heteroatoms. The molecule has 1 N–H and O–H groups in total. The van der Waals surface area contributed by atoms with Crippen molar-refractivity contribution in [1.82, 2.24) is 5.32 Å². The number of ether oxygens (including phenoxy) is 2. The molecule has 0 saturated carbocycles. The van der Waals surface area contributed by atoms with E-state index in [-0.39, 0.29) is 12.1 Å². The molecule has 0 radical (unpaired) electrons. The van der Waals surface area contributed by atoms with Gasteiger partial charge in [0.05, 0.1) is 25.7 Å². The van der Waals surface area contributed by atoms with Crippen LogP contribution >= 0.6 is 0 Å². The summed E-state index contributed by atoms with van der Waals surface area (Å²) in [6.07, 6.45) is 1.51. The van der Waals surface area contributed by atoms with Crippen molar-refractivity contribution in [2.24, 2.45) is 0 Å². The SMILES string of the molecule is CC(C)=CCO[C@@H]1COCC[C@H]1NC(=O)Cc1c(F)ccc(F)c1F. The number of rotatable bonds is 6. The number of halogens is 3. The lowest BCUT2D eigenvalue weighted by Gasteiger charge is -2.32. The van der Waals surface area contributed by atoms with Gasteiger partial charge in [-0.25, -0.2) is 13.2 Å². The molecule has 4 nitrogen and oxygen atoms in total. The Morgan fingerprint density at radius 2 is 2.04 bits per heavy atom. The third-order valence-electron chi connectivity index (χ3n) is 3.93. The van der Waals surface area contributed by atoms with Crippen LogP contribution in [0.1, 0.15) is 25.8 Å². The Bertz CT molecular complexity index is 645. The van der Waals surface area contributed by atoms with E-state index in [2.05, 4.69) is 5.32 Å². The quantitative estimate of drug-likeness (QED) is 0.629. The molecule has 0 aromatic heterocycles. The van der Waals surface area contributed by atoms with Gasteiger partial charge >= 0.3 is 0 Å². The minimum Gasteiger partial charge on any atom is -0.379 e. The van der Waals surface area contributed by atoms with Crippen LogP contribution in [0.5, 0.6) is 0 Å². The fourth-order valence-corrected chi connectivity index (χ4v) is 2.53. The van der Waals surface area contributed by atoms with E-state index in [9.17, 15) is 18.0 Å². The van der Waals surface area contributed by atoms with Crippen LogP contribution in [0.2, 0.25) is 0 Å². The van der Waals surface area contributed by atoms with Gasteiger partial charge in [0.2, 0.25) is 5.91 Å². The van der Waals surface area contributed by atoms with Crippen LogP contribution in [0.15, 0.2) is 23.8 Å². The number of carbonyl (C=O) groups excluding carboxylic acids is 1. The molecule has 1 aromatic rings. The molecular weight excluding hydrogens is 335 g/mol. The lowest BCUT2D eigenvalue weighted by atomic mass is 10.0. The van der Waals surface area contributed by atoms with Crippen LogP contribution < -0.4 is 5.32 Å². The van der Waals surface area contributed by atoms with E-state index in [1.165, 1.54) is 0 Å². The van der Waals surface area contributed by atoms with Gasteiger partial charge in [0.1, 0.15) is 11.9 Å². The number of benzene rings is 1. The Labute approximate surface area is 145 Å². The zero-order valence-corrected chi connectivity index (χ0v) is 14.3. The summed E-state index contributed by atoms with van der Waals surface area (Å²) in [4.78, 5) is 12.1. The molecule has 1 aromatic carbocycles. The lowest BCUT2D eigenvalue weighted by Crippen LogP contribution is -2.50. The van der Waals surface area contributed by atoms with E-state index in [0.29, 0.717) is 32.3 Å². The van der Waals surface area contributed by atoms with Gasteiger partial charge in [-0.2, -0.15) is 0 Å². The summed E-state index contributed by atoms with van der Waals surface area (Å²) in [5, 5.41) is 2.71. The van der Waals surface area contributed by atoms with Crippen LogP contribution in [-0.4, -0.2) is 37.9 Å². The van der Waals surface area contributed by atoms with Gasteiger partial charge in [-0.15, -0.1) is 0 Å².